The van der Waals surface area contributed by atoms with Crippen molar-refractivity contribution in [3.05, 3.63) is 35.7 Å². The van der Waals surface area contributed by atoms with Gasteiger partial charge in [0.2, 0.25) is 11.6 Å². The highest BCUT2D eigenvalue weighted by Crippen LogP contribution is 2.37. The Bertz CT molecular complexity index is 1290. The molecule has 2 aliphatic rings. The molecule has 5 rings (SSSR count). The lowest BCUT2D eigenvalue weighted by atomic mass is 10.2. The first-order valence-corrected chi connectivity index (χ1v) is 11.6. The molecule has 3 N–H and O–H groups in total. The maximum Gasteiger partial charge on any atom is 0.283 e. The normalized spacial score (nSPS) is 15.8. The Morgan fingerprint density at radius 2 is 2.00 bits per heavy atom. The smallest absolute Gasteiger partial charge is 0.283 e. The maximum absolute atomic E-state index is 12.8. The molecular formula is C24H32N8O4. The first kappa shape index (κ1) is 25.3. The number of rotatable bonds is 7. The van der Waals surface area contributed by atoms with Gasteiger partial charge in [-0.25, -0.2) is 15.0 Å². The molecule has 2 aliphatic heterocycles. The van der Waals surface area contributed by atoms with E-state index in [1.807, 2.05) is 16.7 Å². The molecule has 1 fully saturated rings. The number of morpholine rings is 1. The second kappa shape index (κ2) is 11.3. The minimum absolute atomic E-state index is 0. The SMILES string of the molecule is C.COc1c(OCCCN2CCOCC2)ccc2c3n(c(=NC(=O)c4cnc(N)nc4)nc12)CCN3. The van der Waals surface area contributed by atoms with Crippen LogP contribution in [0.4, 0.5) is 11.8 Å². The monoisotopic (exact) mass is 496 g/mol. The molecule has 4 heterocycles. The fourth-order valence-corrected chi connectivity index (χ4v) is 4.24. The van der Waals surface area contributed by atoms with Crippen LogP contribution in [0.1, 0.15) is 24.2 Å². The van der Waals surface area contributed by atoms with E-state index in [0.29, 0.717) is 36.7 Å². The minimum Gasteiger partial charge on any atom is -0.491 e. The number of methoxy groups -OCH3 is 1. The van der Waals surface area contributed by atoms with E-state index in [2.05, 4.69) is 25.2 Å². The number of hydrogen-bond acceptors (Lipinski definition) is 10. The molecule has 2 aromatic heterocycles. The van der Waals surface area contributed by atoms with Crippen molar-refractivity contribution >= 4 is 28.6 Å². The lowest BCUT2D eigenvalue weighted by Gasteiger charge is -2.26. The first-order valence-electron chi connectivity index (χ1n) is 11.6. The van der Waals surface area contributed by atoms with E-state index in [0.717, 1.165) is 50.5 Å². The van der Waals surface area contributed by atoms with E-state index in [-0.39, 0.29) is 24.6 Å². The molecule has 0 atom stereocenters. The average Bonchev–Trinajstić information content (AvgIpc) is 3.38. The number of nitrogens with two attached hydrogens (primary N) is 1. The van der Waals surface area contributed by atoms with Crippen LogP contribution in [-0.4, -0.2) is 83.4 Å². The fourth-order valence-electron chi connectivity index (χ4n) is 4.24. The second-order valence-electron chi connectivity index (χ2n) is 8.23. The van der Waals surface area contributed by atoms with Crippen molar-refractivity contribution in [3.63, 3.8) is 0 Å². The van der Waals surface area contributed by atoms with E-state index in [1.54, 1.807) is 7.11 Å². The van der Waals surface area contributed by atoms with E-state index in [9.17, 15) is 4.79 Å². The van der Waals surface area contributed by atoms with Gasteiger partial charge >= 0.3 is 0 Å². The summed E-state index contributed by atoms with van der Waals surface area (Å²) in [6.07, 6.45) is 3.58. The van der Waals surface area contributed by atoms with Gasteiger partial charge in [-0.3, -0.25) is 14.3 Å². The third kappa shape index (κ3) is 5.24. The van der Waals surface area contributed by atoms with Crippen LogP contribution in [0.25, 0.3) is 10.9 Å². The third-order valence-corrected chi connectivity index (χ3v) is 6.01. The van der Waals surface area contributed by atoms with Crippen LogP contribution in [0.3, 0.4) is 0 Å². The summed E-state index contributed by atoms with van der Waals surface area (Å²) >= 11 is 0. The summed E-state index contributed by atoms with van der Waals surface area (Å²) in [5.74, 6) is 1.51. The highest BCUT2D eigenvalue weighted by atomic mass is 16.5. The molecule has 3 aromatic rings. The lowest BCUT2D eigenvalue weighted by Crippen LogP contribution is -2.37. The maximum atomic E-state index is 12.8. The Hall–Kier alpha value is -3.77. The molecule has 36 heavy (non-hydrogen) atoms. The summed E-state index contributed by atoms with van der Waals surface area (Å²) in [6, 6.07) is 3.85. The molecule has 12 nitrogen and oxygen atoms in total. The van der Waals surface area contributed by atoms with Gasteiger partial charge in [0, 0.05) is 50.5 Å². The largest absolute Gasteiger partial charge is 0.491 e. The highest BCUT2D eigenvalue weighted by molar-refractivity contribution is 5.96. The third-order valence-electron chi connectivity index (χ3n) is 6.01. The number of anilines is 2. The van der Waals surface area contributed by atoms with Gasteiger partial charge in [-0.05, 0) is 18.6 Å². The zero-order valence-corrected chi connectivity index (χ0v) is 19.6. The number of ether oxygens (including phenoxy) is 3. The highest BCUT2D eigenvalue weighted by Gasteiger charge is 2.21. The Morgan fingerprint density at radius 1 is 1.22 bits per heavy atom. The van der Waals surface area contributed by atoms with Crippen LogP contribution < -0.4 is 26.1 Å². The number of nitrogens with zero attached hydrogens (tertiary/aromatic N) is 6. The predicted molar refractivity (Wildman–Crippen MR) is 135 cm³/mol. The Kier molecular flexibility index (Phi) is 7.96. The summed E-state index contributed by atoms with van der Waals surface area (Å²) in [7, 11) is 1.58. The summed E-state index contributed by atoms with van der Waals surface area (Å²) in [5.41, 5.74) is 6.58. The molecule has 0 bridgehead atoms. The van der Waals surface area contributed by atoms with E-state index in [4.69, 9.17) is 24.9 Å². The van der Waals surface area contributed by atoms with Gasteiger partial charge in [-0.2, -0.15) is 4.99 Å². The first-order chi connectivity index (χ1) is 17.1. The van der Waals surface area contributed by atoms with Crippen LogP contribution in [0.15, 0.2) is 29.5 Å². The summed E-state index contributed by atoms with van der Waals surface area (Å²) < 4.78 is 19.1. The molecule has 192 valence electrons. The Morgan fingerprint density at radius 3 is 2.75 bits per heavy atom. The standard InChI is InChI=1S/C23H28N8O4.CH4/c1-33-19-17(35-10-2-6-30-8-11-34-12-9-30)4-3-16-18(19)28-23(31-7-5-25-20(16)31)29-21(32)15-13-26-22(24)27-14-15;/h3-4,13-14,25H,2,5-12H2,1H3,(H2,24,26,27);1H4. The number of benzene rings is 1. The van der Waals surface area contributed by atoms with Gasteiger partial charge in [-0.15, -0.1) is 0 Å². The average molecular weight is 497 g/mol. The number of aromatic nitrogens is 4. The fraction of sp³-hybridized carbons (Fsp3) is 0.458. The number of hydrogen-bond donors (Lipinski definition) is 2. The molecule has 0 unspecified atom stereocenters. The Labute approximate surface area is 209 Å². The van der Waals surface area contributed by atoms with Crippen molar-refractivity contribution in [3.8, 4) is 11.5 Å². The van der Waals surface area contributed by atoms with Crippen molar-refractivity contribution in [2.75, 3.05) is 64.2 Å². The molecule has 0 radical (unpaired) electrons. The van der Waals surface area contributed by atoms with Gasteiger partial charge in [0.15, 0.2) is 11.5 Å². The van der Waals surface area contributed by atoms with Crippen LogP contribution in [0, 0.1) is 0 Å². The van der Waals surface area contributed by atoms with E-state index < -0.39 is 5.91 Å². The minimum atomic E-state index is -0.507. The summed E-state index contributed by atoms with van der Waals surface area (Å²) in [4.78, 5) is 31.8. The van der Waals surface area contributed by atoms with Crippen LogP contribution in [0.5, 0.6) is 11.5 Å². The molecule has 0 saturated carbocycles. The van der Waals surface area contributed by atoms with Gasteiger partial charge in [0.25, 0.3) is 5.91 Å². The molecule has 1 aromatic carbocycles. The summed E-state index contributed by atoms with van der Waals surface area (Å²) in [6.45, 7) is 6.29. The molecule has 1 amide bonds. The molecule has 1 saturated heterocycles. The van der Waals surface area contributed by atoms with E-state index >= 15 is 0 Å². The Balaban J connectivity index is 0.00000304. The molecule has 0 aliphatic carbocycles. The van der Waals surface area contributed by atoms with Gasteiger partial charge in [0.05, 0.1) is 32.5 Å². The van der Waals surface area contributed by atoms with Crippen molar-refractivity contribution in [1.82, 2.24) is 24.4 Å². The van der Waals surface area contributed by atoms with Crippen molar-refractivity contribution in [2.24, 2.45) is 4.99 Å². The number of carbonyl (C=O) groups excluding carboxylic acids is 1. The number of fused-ring (bicyclic) bond motifs is 3. The lowest BCUT2D eigenvalue weighted by molar-refractivity contribution is 0.0357. The van der Waals surface area contributed by atoms with Gasteiger partial charge in [0.1, 0.15) is 11.3 Å². The van der Waals surface area contributed by atoms with Gasteiger partial charge < -0.3 is 25.3 Å². The van der Waals surface area contributed by atoms with Crippen molar-refractivity contribution in [1.29, 1.82) is 0 Å². The van der Waals surface area contributed by atoms with Crippen LogP contribution in [-0.2, 0) is 11.3 Å². The number of nitrogen functional groups attached to an aromatic ring is 1. The zero-order valence-electron chi connectivity index (χ0n) is 19.6. The number of carbonyl (C=O) groups is 1. The van der Waals surface area contributed by atoms with Gasteiger partial charge in [-0.1, -0.05) is 7.43 Å². The molecular weight excluding hydrogens is 464 g/mol. The van der Waals surface area contributed by atoms with Crippen molar-refractivity contribution in [2.45, 2.75) is 20.4 Å². The number of nitrogens with one attached hydrogen (secondary N) is 1. The second-order valence-corrected chi connectivity index (χ2v) is 8.23. The van der Waals surface area contributed by atoms with Crippen LogP contribution >= 0.6 is 0 Å². The topological polar surface area (TPSA) is 142 Å². The quantitative estimate of drug-likeness (QED) is 0.460. The van der Waals surface area contributed by atoms with Crippen LogP contribution in [0.2, 0.25) is 0 Å². The molecule has 12 heteroatoms. The summed E-state index contributed by atoms with van der Waals surface area (Å²) in [5, 5.41) is 4.22. The predicted octanol–water partition coefficient (Wildman–Crippen LogP) is 1.32. The zero-order chi connectivity index (χ0) is 24.2. The van der Waals surface area contributed by atoms with E-state index in [1.165, 1.54) is 12.4 Å². The number of amides is 1. The molecule has 0 spiro atoms. The van der Waals surface area contributed by atoms with Crippen molar-refractivity contribution < 1.29 is 19.0 Å².